The van der Waals surface area contributed by atoms with Crippen LogP contribution in [0.1, 0.15) is 47.3 Å². The van der Waals surface area contributed by atoms with E-state index in [9.17, 15) is 14.0 Å². The Balaban J connectivity index is 1.92. The molecule has 1 heterocycles. The second-order valence-electron chi connectivity index (χ2n) is 6.44. The molecule has 1 aliphatic rings. The van der Waals surface area contributed by atoms with E-state index in [0.29, 0.717) is 29.2 Å². The van der Waals surface area contributed by atoms with Crippen LogP contribution < -0.4 is 5.32 Å². The normalized spacial score (nSPS) is 17.2. The summed E-state index contributed by atoms with van der Waals surface area (Å²) in [5, 5.41) is 3.39. The summed E-state index contributed by atoms with van der Waals surface area (Å²) in [6.45, 7) is 4.57. The van der Waals surface area contributed by atoms with Gasteiger partial charge in [0.15, 0.2) is 0 Å². The van der Waals surface area contributed by atoms with Crippen LogP contribution in [0, 0.1) is 5.82 Å². The van der Waals surface area contributed by atoms with Crippen LogP contribution in [-0.2, 0) is 4.79 Å². The van der Waals surface area contributed by atoms with E-state index in [4.69, 9.17) is 11.6 Å². The number of nitrogens with one attached hydrogen (secondary N) is 1. The number of carbonyl (C=O) groups is 2. The van der Waals surface area contributed by atoms with Crippen molar-refractivity contribution in [3.05, 3.63) is 70.0 Å². The lowest BCUT2D eigenvalue weighted by Gasteiger charge is -2.27. The minimum atomic E-state index is -0.817. The Morgan fingerprint density at radius 1 is 1.27 bits per heavy atom. The largest absolute Gasteiger partial charge is 0.354 e. The molecular weight excluding hydrogens is 355 g/mol. The maximum absolute atomic E-state index is 13.7. The van der Waals surface area contributed by atoms with Crippen molar-refractivity contribution in [2.75, 3.05) is 13.1 Å². The molecule has 0 aromatic heterocycles. The van der Waals surface area contributed by atoms with Gasteiger partial charge in [-0.15, -0.1) is 0 Å². The first kappa shape index (κ1) is 18.4. The number of nitrogens with zero attached hydrogens (tertiary/aromatic N) is 1. The Labute approximate surface area is 157 Å². The van der Waals surface area contributed by atoms with E-state index in [2.05, 4.69) is 5.32 Å². The Bertz CT molecular complexity index is 838. The molecule has 0 aliphatic carbocycles. The summed E-state index contributed by atoms with van der Waals surface area (Å²) < 4.78 is 13.7. The molecule has 1 aliphatic heterocycles. The van der Waals surface area contributed by atoms with Gasteiger partial charge in [0.25, 0.3) is 5.91 Å². The fourth-order valence-corrected chi connectivity index (χ4v) is 3.45. The Morgan fingerprint density at radius 2 is 1.96 bits per heavy atom. The zero-order valence-corrected chi connectivity index (χ0v) is 15.4. The third-order valence-corrected chi connectivity index (χ3v) is 4.87. The molecule has 0 saturated heterocycles. The van der Waals surface area contributed by atoms with Crippen molar-refractivity contribution in [1.29, 1.82) is 0 Å². The molecule has 4 nitrogen and oxygen atoms in total. The van der Waals surface area contributed by atoms with Gasteiger partial charge in [-0.1, -0.05) is 30.7 Å². The quantitative estimate of drug-likeness (QED) is 0.862. The maximum atomic E-state index is 13.7. The molecule has 6 heteroatoms. The number of halogens is 2. The molecule has 2 atom stereocenters. The molecule has 3 rings (SSSR count). The van der Waals surface area contributed by atoms with Gasteiger partial charge in [0, 0.05) is 23.7 Å². The summed E-state index contributed by atoms with van der Waals surface area (Å²) in [7, 11) is 0. The molecule has 0 bridgehead atoms. The van der Waals surface area contributed by atoms with Crippen molar-refractivity contribution in [1.82, 2.24) is 10.2 Å². The highest BCUT2D eigenvalue weighted by Gasteiger charge is 2.41. The number of hydrogen-bond donors (Lipinski definition) is 1. The minimum Gasteiger partial charge on any atom is -0.354 e. The first-order chi connectivity index (χ1) is 12.4. The molecule has 0 saturated carbocycles. The molecule has 0 fully saturated rings. The number of fused-ring (bicyclic) bond motifs is 1. The van der Waals surface area contributed by atoms with Gasteiger partial charge in [0.2, 0.25) is 5.91 Å². The molecular formula is C20H20ClFN2O2. The molecule has 2 aromatic carbocycles. The van der Waals surface area contributed by atoms with Crippen LogP contribution >= 0.6 is 11.6 Å². The maximum Gasteiger partial charge on any atom is 0.255 e. The van der Waals surface area contributed by atoms with Gasteiger partial charge in [0.1, 0.15) is 11.9 Å². The van der Waals surface area contributed by atoms with E-state index in [0.717, 1.165) is 5.56 Å². The number of benzene rings is 2. The predicted molar refractivity (Wildman–Crippen MR) is 98.7 cm³/mol. The second-order valence-corrected chi connectivity index (χ2v) is 6.88. The SMILES string of the molecule is CCNC(=O)C1c2cc(F)ccc2C(=O)N1CC(C)c1ccc(Cl)cc1. The Morgan fingerprint density at radius 3 is 2.62 bits per heavy atom. The first-order valence-corrected chi connectivity index (χ1v) is 8.93. The lowest BCUT2D eigenvalue weighted by molar-refractivity contribution is -0.125. The number of rotatable bonds is 5. The first-order valence-electron chi connectivity index (χ1n) is 8.56. The Kier molecular flexibility index (Phi) is 5.28. The number of hydrogen-bond acceptors (Lipinski definition) is 2. The van der Waals surface area contributed by atoms with Crippen molar-refractivity contribution in [2.24, 2.45) is 0 Å². The van der Waals surface area contributed by atoms with Gasteiger partial charge in [-0.2, -0.15) is 0 Å². The van der Waals surface area contributed by atoms with Crippen molar-refractivity contribution in [3.8, 4) is 0 Å². The van der Waals surface area contributed by atoms with E-state index in [1.54, 1.807) is 12.1 Å². The summed E-state index contributed by atoms with van der Waals surface area (Å²) in [6.07, 6.45) is 0. The topological polar surface area (TPSA) is 49.4 Å². The molecule has 2 amide bonds. The van der Waals surface area contributed by atoms with E-state index in [1.165, 1.54) is 23.1 Å². The predicted octanol–water partition coefficient (Wildman–Crippen LogP) is 3.92. The molecule has 136 valence electrons. The standard InChI is InChI=1S/C20H20ClFN2O2/c1-3-23-19(25)18-17-10-15(22)8-9-16(17)20(26)24(18)11-12(2)13-4-6-14(21)7-5-13/h4-10,12,18H,3,11H2,1-2H3,(H,23,25). The van der Waals surface area contributed by atoms with E-state index in [1.807, 2.05) is 26.0 Å². The zero-order valence-electron chi connectivity index (χ0n) is 14.6. The van der Waals surface area contributed by atoms with Gasteiger partial charge < -0.3 is 10.2 Å². The fourth-order valence-electron chi connectivity index (χ4n) is 3.33. The molecule has 0 radical (unpaired) electrons. The molecule has 1 N–H and O–H groups in total. The van der Waals surface area contributed by atoms with E-state index in [-0.39, 0.29) is 17.7 Å². The van der Waals surface area contributed by atoms with Gasteiger partial charge in [-0.3, -0.25) is 9.59 Å². The Hall–Kier alpha value is -2.40. The number of likely N-dealkylation sites (N-methyl/N-ethyl adjacent to an activating group) is 1. The number of amides is 2. The summed E-state index contributed by atoms with van der Waals surface area (Å²) in [5.41, 5.74) is 1.81. The van der Waals surface area contributed by atoms with Crippen molar-refractivity contribution in [3.63, 3.8) is 0 Å². The van der Waals surface area contributed by atoms with Crippen LogP contribution in [0.5, 0.6) is 0 Å². The average molecular weight is 375 g/mol. The summed E-state index contributed by atoms with van der Waals surface area (Å²) >= 11 is 5.93. The third kappa shape index (κ3) is 3.44. The van der Waals surface area contributed by atoms with Crippen molar-refractivity contribution >= 4 is 23.4 Å². The monoisotopic (exact) mass is 374 g/mol. The molecule has 26 heavy (non-hydrogen) atoms. The van der Waals surface area contributed by atoms with Crippen molar-refractivity contribution in [2.45, 2.75) is 25.8 Å². The van der Waals surface area contributed by atoms with Crippen LogP contribution in [0.3, 0.4) is 0 Å². The highest BCUT2D eigenvalue weighted by atomic mass is 35.5. The van der Waals surface area contributed by atoms with Crippen LogP contribution in [0.2, 0.25) is 5.02 Å². The fraction of sp³-hybridized carbons (Fsp3) is 0.300. The molecule has 2 aromatic rings. The third-order valence-electron chi connectivity index (χ3n) is 4.62. The smallest absolute Gasteiger partial charge is 0.255 e. The number of carbonyl (C=O) groups excluding carboxylic acids is 2. The van der Waals surface area contributed by atoms with Crippen molar-refractivity contribution < 1.29 is 14.0 Å². The molecule has 2 unspecified atom stereocenters. The summed E-state index contributed by atoms with van der Waals surface area (Å²) in [4.78, 5) is 27.0. The molecule has 0 spiro atoms. The van der Waals surface area contributed by atoms with Gasteiger partial charge in [-0.05, 0) is 54.3 Å². The zero-order chi connectivity index (χ0) is 18.8. The lowest BCUT2D eigenvalue weighted by atomic mass is 9.99. The summed E-state index contributed by atoms with van der Waals surface area (Å²) in [5.74, 6) is -1.02. The van der Waals surface area contributed by atoms with Gasteiger partial charge >= 0.3 is 0 Å². The summed E-state index contributed by atoms with van der Waals surface area (Å²) in [6, 6.07) is 10.6. The highest BCUT2D eigenvalue weighted by molar-refractivity contribution is 6.30. The van der Waals surface area contributed by atoms with Crippen LogP contribution in [0.25, 0.3) is 0 Å². The van der Waals surface area contributed by atoms with E-state index >= 15 is 0 Å². The van der Waals surface area contributed by atoms with Gasteiger partial charge in [0.05, 0.1) is 0 Å². The van der Waals surface area contributed by atoms with Crippen LogP contribution in [0.15, 0.2) is 42.5 Å². The second kappa shape index (κ2) is 7.46. The minimum absolute atomic E-state index is 0.00713. The lowest BCUT2D eigenvalue weighted by Crippen LogP contribution is -2.40. The van der Waals surface area contributed by atoms with Gasteiger partial charge in [-0.25, -0.2) is 4.39 Å². The average Bonchev–Trinajstić information content (AvgIpc) is 2.87. The van der Waals surface area contributed by atoms with E-state index < -0.39 is 11.9 Å². The van der Waals surface area contributed by atoms with Crippen LogP contribution in [0.4, 0.5) is 4.39 Å². The highest BCUT2D eigenvalue weighted by Crippen LogP contribution is 2.36. The van der Waals surface area contributed by atoms with Crippen LogP contribution in [-0.4, -0.2) is 29.8 Å².